The normalized spacial score (nSPS) is 13.9. The Balaban J connectivity index is 1.48. The topological polar surface area (TPSA) is 166 Å². The highest BCUT2D eigenvalue weighted by Crippen LogP contribution is 2.13. The number of hydrogen-bond acceptors (Lipinski definition) is 8. The summed E-state index contributed by atoms with van der Waals surface area (Å²) in [4.78, 5) is 35.4. The maximum atomic E-state index is 12.7. The van der Waals surface area contributed by atoms with E-state index in [-0.39, 0.29) is 18.0 Å². The minimum atomic E-state index is -3.96. The van der Waals surface area contributed by atoms with E-state index < -0.39 is 27.2 Å². The second kappa shape index (κ2) is 11.5. The molecule has 0 saturated carbocycles. The zero-order chi connectivity index (χ0) is 26.3. The third kappa shape index (κ3) is 7.27. The number of aliphatic imine (C=N–C) groups is 1. The van der Waals surface area contributed by atoms with E-state index in [0.717, 1.165) is 36.3 Å². The molecule has 12 heteroatoms. The smallest absolute Gasteiger partial charge is 0.353 e. The lowest BCUT2D eigenvalue weighted by atomic mass is 10.1. The number of nitrogens with one attached hydrogen (secondary N) is 4. The van der Waals surface area contributed by atoms with Gasteiger partial charge in [-0.15, -0.1) is 0 Å². The second-order valence-corrected chi connectivity index (χ2v) is 10.0. The molecule has 1 aromatic heterocycles. The maximum absolute atomic E-state index is 12.7. The molecule has 1 aliphatic rings. The Bertz CT molecular complexity index is 1540. The van der Waals surface area contributed by atoms with Crippen molar-refractivity contribution >= 4 is 45.0 Å². The second-order valence-electron chi connectivity index (χ2n) is 8.19. The standard InChI is InChI=1S/C25H26N6O5S/c32-23-19-15-18(7-4-11-26-25-27-12-13-28-25)8-9-20(19)29-22(30-23)16-21(24(33)34)31-37(35,36)14-10-17-5-2-1-3-6-17/h1-9,15-16,31H,10-14H2,(H,33,34)(H2,26,27,28)(H,29,30,32). The largest absolute Gasteiger partial charge is 0.477 e. The lowest BCUT2D eigenvalue weighted by Crippen LogP contribution is -2.33. The van der Waals surface area contributed by atoms with Gasteiger partial charge in [0.1, 0.15) is 11.5 Å². The molecular weight excluding hydrogens is 496 g/mol. The van der Waals surface area contributed by atoms with Gasteiger partial charge in [0.15, 0.2) is 5.96 Å². The summed E-state index contributed by atoms with van der Waals surface area (Å²) in [6.45, 7) is 2.12. The minimum absolute atomic E-state index is 0.0852. The van der Waals surface area contributed by atoms with E-state index in [9.17, 15) is 23.1 Å². The molecule has 0 saturated heterocycles. The van der Waals surface area contributed by atoms with Gasteiger partial charge in [0.2, 0.25) is 10.0 Å². The Morgan fingerprint density at radius 1 is 1.16 bits per heavy atom. The van der Waals surface area contributed by atoms with Crippen LogP contribution < -0.4 is 20.9 Å². The SMILES string of the molecule is O=C(O)C(=Cc1nc2ccc(C=CCNC3=NCCN3)cc2c(=O)[nH]1)NS(=O)(=O)CCc1ccccc1. The Morgan fingerprint density at radius 2 is 1.97 bits per heavy atom. The van der Waals surface area contributed by atoms with E-state index in [1.807, 2.05) is 18.2 Å². The molecule has 0 spiro atoms. The van der Waals surface area contributed by atoms with Gasteiger partial charge in [0, 0.05) is 19.2 Å². The van der Waals surface area contributed by atoms with Crippen molar-refractivity contribution in [3.63, 3.8) is 0 Å². The number of aryl methyl sites for hydroxylation is 1. The summed E-state index contributed by atoms with van der Waals surface area (Å²) >= 11 is 0. The minimum Gasteiger partial charge on any atom is -0.477 e. The predicted molar refractivity (Wildman–Crippen MR) is 142 cm³/mol. The number of carboxylic acid groups (broad SMARTS) is 1. The highest BCUT2D eigenvalue weighted by atomic mass is 32.2. The molecule has 0 radical (unpaired) electrons. The van der Waals surface area contributed by atoms with Crippen LogP contribution in [-0.4, -0.2) is 60.8 Å². The van der Waals surface area contributed by atoms with Crippen molar-refractivity contribution in [3.8, 4) is 0 Å². The number of guanidine groups is 1. The first-order chi connectivity index (χ1) is 17.8. The Labute approximate surface area is 213 Å². The Kier molecular flexibility index (Phi) is 7.98. The number of fused-ring (bicyclic) bond motifs is 1. The van der Waals surface area contributed by atoms with E-state index in [1.165, 1.54) is 0 Å². The van der Waals surface area contributed by atoms with E-state index in [2.05, 4.69) is 30.3 Å². The average Bonchev–Trinajstić information content (AvgIpc) is 3.39. The van der Waals surface area contributed by atoms with Gasteiger partial charge in [-0.05, 0) is 29.7 Å². The number of aromatic amines is 1. The van der Waals surface area contributed by atoms with Gasteiger partial charge < -0.3 is 20.7 Å². The summed E-state index contributed by atoms with van der Waals surface area (Å²) < 4.78 is 27.0. The number of aromatic nitrogens is 2. The fraction of sp³-hybridized carbons (Fsp3) is 0.200. The van der Waals surface area contributed by atoms with Crippen molar-refractivity contribution in [2.45, 2.75) is 6.42 Å². The van der Waals surface area contributed by atoms with Crippen molar-refractivity contribution in [1.29, 1.82) is 0 Å². The molecule has 0 atom stereocenters. The molecule has 1 aliphatic heterocycles. The molecule has 0 amide bonds. The van der Waals surface area contributed by atoms with Crippen molar-refractivity contribution in [2.75, 3.05) is 25.4 Å². The van der Waals surface area contributed by atoms with Crippen molar-refractivity contribution < 1.29 is 18.3 Å². The molecule has 0 fully saturated rings. The van der Waals surface area contributed by atoms with Crippen LogP contribution in [0.1, 0.15) is 17.0 Å². The predicted octanol–water partition coefficient (Wildman–Crippen LogP) is 1.07. The van der Waals surface area contributed by atoms with E-state index in [1.54, 1.807) is 42.5 Å². The quantitative estimate of drug-likeness (QED) is 0.247. The molecule has 4 rings (SSSR count). The Morgan fingerprint density at radius 3 is 2.70 bits per heavy atom. The summed E-state index contributed by atoms with van der Waals surface area (Å²) in [6, 6.07) is 14.1. The van der Waals surface area contributed by atoms with E-state index >= 15 is 0 Å². The molecule has 11 nitrogen and oxygen atoms in total. The van der Waals surface area contributed by atoms with Crippen LogP contribution in [0.25, 0.3) is 23.1 Å². The van der Waals surface area contributed by atoms with Crippen LogP contribution in [0.3, 0.4) is 0 Å². The molecule has 3 aromatic rings. The zero-order valence-electron chi connectivity index (χ0n) is 19.8. The number of aliphatic carboxylic acids is 1. The van der Waals surface area contributed by atoms with Crippen LogP contribution in [0, 0.1) is 0 Å². The molecule has 2 heterocycles. The first kappa shape index (κ1) is 25.6. The molecule has 0 bridgehead atoms. The summed E-state index contributed by atoms with van der Waals surface area (Å²) in [6.07, 6.45) is 4.95. The monoisotopic (exact) mass is 522 g/mol. The van der Waals surface area contributed by atoms with Crippen LogP contribution in [-0.2, 0) is 21.2 Å². The number of nitrogens with zero attached hydrogens (tertiary/aromatic N) is 2. The summed E-state index contributed by atoms with van der Waals surface area (Å²) in [5.74, 6) is -1.14. The average molecular weight is 523 g/mol. The first-order valence-corrected chi connectivity index (χ1v) is 13.2. The third-order valence-corrected chi connectivity index (χ3v) is 6.67. The lowest BCUT2D eigenvalue weighted by molar-refractivity contribution is -0.132. The highest BCUT2D eigenvalue weighted by Gasteiger charge is 2.18. The number of H-pyrrole nitrogens is 1. The first-order valence-electron chi connectivity index (χ1n) is 11.5. The third-order valence-electron chi connectivity index (χ3n) is 5.40. The molecule has 192 valence electrons. The molecular formula is C25H26N6O5S. The lowest BCUT2D eigenvalue weighted by Gasteiger charge is -2.09. The van der Waals surface area contributed by atoms with Crippen LogP contribution in [0.2, 0.25) is 0 Å². The Hall–Kier alpha value is -4.45. The van der Waals surface area contributed by atoms with Gasteiger partial charge in [-0.3, -0.25) is 14.5 Å². The number of carboxylic acids is 1. The maximum Gasteiger partial charge on any atom is 0.353 e. The van der Waals surface area contributed by atoms with E-state index in [4.69, 9.17) is 0 Å². The van der Waals surface area contributed by atoms with Crippen molar-refractivity contribution in [2.24, 2.45) is 4.99 Å². The molecule has 0 aliphatic carbocycles. The van der Waals surface area contributed by atoms with Crippen LogP contribution in [0.15, 0.2) is 70.1 Å². The summed E-state index contributed by atoms with van der Waals surface area (Å²) in [7, 11) is -3.96. The molecule has 0 unspecified atom stereocenters. The molecule has 2 aromatic carbocycles. The fourth-order valence-electron chi connectivity index (χ4n) is 3.60. The summed E-state index contributed by atoms with van der Waals surface area (Å²) in [5.41, 5.74) is 0.824. The highest BCUT2D eigenvalue weighted by molar-refractivity contribution is 7.89. The van der Waals surface area contributed by atoms with Crippen LogP contribution in [0.4, 0.5) is 0 Å². The van der Waals surface area contributed by atoms with Gasteiger partial charge in [-0.2, -0.15) is 0 Å². The molecule has 37 heavy (non-hydrogen) atoms. The zero-order valence-corrected chi connectivity index (χ0v) is 20.6. The fourth-order valence-corrected chi connectivity index (χ4v) is 4.69. The van der Waals surface area contributed by atoms with Crippen LogP contribution >= 0.6 is 0 Å². The summed E-state index contributed by atoms with van der Waals surface area (Å²) in [5, 5.41) is 16.1. The van der Waals surface area contributed by atoms with Crippen molar-refractivity contribution in [3.05, 3.63) is 87.6 Å². The van der Waals surface area contributed by atoms with Crippen molar-refractivity contribution in [1.82, 2.24) is 25.3 Å². The van der Waals surface area contributed by atoms with Gasteiger partial charge in [-0.25, -0.2) is 18.2 Å². The van der Waals surface area contributed by atoms with Gasteiger partial charge in [-0.1, -0.05) is 48.6 Å². The van der Waals surface area contributed by atoms with Gasteiger partial charge in [0.25, 0.3) is 5.56 Å². The number of sulfonamides is 1. The number of benzene rings is 2. The van der Waals surface area contributed by atoms with Crippen LogP contribution in [0.5, 0.6) is 0 Å². The van der Waals surface area contributed by atoms with Gasteiger partial charge in [0.05, 0.1) is 23.2 Å². The molecule has 5 N–H and O–H groups in total. The number of hydrogen-bond donors (Lipinski definition) is 5. The number of rotatable bonds is 10. The van der Waals surface area contributed by atoms with E-state index in [0.29, 0.717) is 17.4 Å². The van der Waals surface area contributed by atoms with Gasteiger partial charge >= 0.3 is 5.97 Å². The number of carbonyl (C=O) groups is 1.